The van der Waals surface area contributed by atoms with Gasteiger partial charge in [-0.05, 0) is 93.6 Å². The first-order chi connectivity index (χ1) is 25.8. The van der Waals surface area contributed by atoms with Crippen LogP contribution in [0.4, 0.5) is 0 Å². The van der Waals surface area contributed by atoms with E-state index in [0.717, 1.165) is 69.3 Å². The number of methoxy groups -OCH3 is 1. The Kier molecular flexibility index (Phi) is 13.2. The smallest absolute Gasteiger partial charge is 0.657 e. The van der Waals surface area contributed by atoms with Gasteiger partial charge in [-0.25, -0.2) is 0 Å². The van der Waals surface area contributed by atoms with Gasteiger partial charge in [-0.1, -0.05) is 81.7 Å². The number of ether oxygens (including phenoxy) is 2. The number of nitrogens with zero attached hydrogens (tertiary/aromatic N) is 2. The summed E-state index contributed by atoms with van der Waals surface area (Å²) < 4.78 is 11.0. The van der Waals surface area contributed by atoms with Crippen molar-refractivity contribution in [2.45, 2.75) is 100.0 Å². The number of nitrogens with one attached hydrogen (secondary N) is 2. The first-order valence-corrected chi connectivity index (χ1v) is 19.5. The number of aliphatic hydroxyl groups excluding tert-OH is 1. The Morgan fingerprint density at radius 3 is 2.40 bits per heavy atom. The number of H-pyrrole nitrogens is 1. The summed E-state index contributed by atoms with van der Waals surface area (Å²) in [7, 11) is 1.34. The molecule has 2 aliphatic heterocycles. The minimum Gasteiger partial charge on any atom is -0.657 e. The van der Waals surface area contributed by atoms with Crippen LogP contribution in [0.5, 0.6) is 0 Å². The van der Waals surface area contributed by atoms with E-state index in [1.165, 1.54) is 24.7 Å². The minimum atomic E-state index is -1.03. The standard InChI is InChI=1S/C45H56N4O5.Mg/c1-11-29-25(6)32-20-34-27(8)31(16-17-38(50)54-19-18-24(5)15-13-14-23(3)4)42(48-34)40-41(45(52)53-10)44(51)39-28(9)35(49-43(39)40)22-37-30(12-2)26(7)33(47-37)21-36(29)46-32;/h11,18,20-23,27,31,41-42,47-48,51H,1,12-17,19H2,2-10H3;/q-2;+2/b24-18-,33-21-,34-20-,37-22-;/t27-,31-,41+,42?;/m0./s1. The van der Waals surface area contributed by atoms with Gasteiger partial charge in [-0.15, -0.1) is 22.4 Å². The number of fused-ring (bicyclic) bond motifs is 8. The Hall–Kier alpha value is -4.15. The number of rotatable bonds is 12. The van der Waals surface area contributed by atoms with Gasteiger partial charge in [0.2, 0.25) is 0 Å². The molecule has 3 aromatic rings. The second-order valence-electron chi connectivity index (χ2n) is 15.7. The second kappa shape index (κ2) is 17.3. The van der Waals surface area contributed by atoms with E-state index in [4.69, 9.17) is 19.4 Å². The van der Waals surface area contributed by atoms with E-state index < -0.39 is 17.9 Å². The average Bonchev–Trinajstić information content (AvgIpc) is 3.87. The Morgan fingerprint density at radius 1 is 1.02 bits per heavy atom. The van der Waals surface area contributed by atoms with E-state index in [-0.39, 0.29) is 59.6 Å². The van der Waals surface area contributed by atoms with Crippen molar-refractivity contribution in [3.8, 4) is 0 Å². The van der Waals surface area contributed by atoms with Crippen molar-refractivity contribution in [1.29, 1.82) is 0 Å². The third kappa shape index (κ3) is 8.08. The summed E-state index contributed by atoms with van der Waals surface area (Å²) in [6.45, 7) is 21.3. The van der Waals surface area contributed by atoms with E-state index in [1.807, 2.05) is 25.2 Å². The first-order valence-electron chi connectivity index (χ1n) is 19.5. The van der Waals surface area contributed by atoms with Gasteiger partial charge >= 0.3 is 35.0 Å². The molecule has 0 aromatic carbocycles. The third-order valence-electron chi connectivity index (χ3n) is 11.9. The number of aromatic amines is 1. The number of hydrogen-bond donors (Lipinski definition) is 3. The Labute approximate surface area is 341 Å². The van der Waals surface area contributed by atoms with Crippen LogP contribution < -0.4 is 36.6 Å². The van der Waals surface area contributed by atoms with Gasteiger partial charge in [0.15, 0.2) is 0 Å². The summed E-state index contributed by atoms with van der Waals surface area (Å²) in [6, 6.07) is -0.435. The fraction of sp³-hybridized carbons (Fsp3) is 0.467. The SMILES string of the molecule is C=Cc1c2[n-]c(c1C)/C=C1\NC(C3=c4[n-]c(c(C)c4=C(O)[C@@H]3C(=O)OC)/C=c3\[nH]/c(c(C)c3CC)=C\2)[C@@H](CCC(=O)OC/C=C(/C)CCCC(C)C)[C@@H]1C.[Mg+2]. The number of allylic oxidation sites excluding steroid dienone is 2. The zero-order valence-corrected chi connectivity index (χ0v) is 35.5. The van der Waals surface area contributed by atoms with Crippen molar-refractivity contribution in [1.82, 2.24) is 20.3 Å². The van der Waals surface area contributed by atoms with Crippen LogP contribution in [0.15, 0.2) is 23.9 Å². The molecule has 8 bridgehead atoms. The van der Waals surface area contributed by atoms with Gasteiger partial charge < -0.3 is 34.8 Å². The second-order valence-corrected chi connectivity index (χ2v) is 15.7. The quantitative estimate of drug-likeness (QED) is 0.139. The van der Waals surface area contributed by atoms with Gasteiger partial charge in [-0.2, -0.15) is 0 Å². The maximum Gasteiger partial charge on any atom is 2.00 e. The molecule has 5 heterocycles. The third-order valence-corrected chi connectivity index (χ3v) is 11.9. The molecule has 1 saturated heterocycles. The molecule has 55 heavy (non-hydrogen) atoms. The van der Waals surface area contributed by atoms with E-state index in [9.17, 15) is 14.7 Å². The molecule has 6 rings (SSSR count). The Bertz CT molecular complexity index is 2300. The van der Waals surface area contributed by atoms with Crippen LogP contribution >= 0.6 is 0 Å². The van der Waals surface area contributed by atoms with Crippen LogP contribution in [-0.2, 0) is 25.5 Å². The molecule has 288 valence electrons. The van der Waals surface area contributed by atoms with Gasteiger partial charge in [0, 0.05) is 34.0 Å². The van der Waals surface area contributed by atoms with Crippen LogP contribution in [0.2, 0.25) is 0 Å². The molecule has 0 amide bonds. The van der Waals surface area contributed by atoms with E-state index in [0.29, 0.717) is 34.2 Å². The average molecular weight is 757 g/mol. The van der Waals surface area contributed by atoms with Crippen LogP contribution in [0.3, 0.4) is 0 Å². The maximum absolute atomic E-state index is 13.5. The topological polar surface area (TPSA) is 129 Å². The number of aliphatic hydroxyl groups is 1. The monoisotopic (exact) mass is 756 g/mol. The summed E-state index contributed by atoms with van der Waals surface area (Å²) in [5.41, 5.74) is 10.2. The molecule has 4 atom stereocenters. The summed E-state index contributed by atoms with van der Waals surface area (Å²) in [5.74, 6) is -1.44. The molecule has 0 spiro atoms. The van der Waals surface area contributed by atoms with E-state index in [2.05, 4.69) is 77.5 Å². The zero-order valence-electron chi connectivity index (χ0n) is 34.1. The van der Waals surface area contributed by atoms with Crippen molar-refractivity contribution in [3.63, 3.8) is 0 Å². The molecule has 1 unspecified atom stereocenters. The van der Waals surface area contributed by atoms with Gasteiger partial charge in [0.05, 0.1) is 13.2 Å². The molecule has 0 radical (unpaired) electrons. The predicted octanol–water partition coefficient (Wildman–Crippen LogP) is 4.63. The largest absolute Gasteiger partial charge is 2.00 e. The van der Waals surface area contributed by atoms with E-state index >= 15 is 0 Å². The van der Waals surface area contributed by atoms with Crippen LogP contribution in [-0.4, -0.2) is 64.8 Å². The normalized spacial score (nSPS) is 22.2. The van der Waals surface area contributed by atoms with Crippen molar-refractivity contribution >= 4 is 70.6 Å². The number of hydrogen-bond acceptors (Lipinski definition) is 6. The van der Waals surface area contributed by atoms with E-state index in [1.54, 1.807) is 0 Å². The van der Waals surface area contributed by atoms with Crippen LogP contribution in [0, 0.1) is 44.4 Å². The molecular formula is C45H56MgN4O5. The van der Waals surface area contributed by atoms with Crippen LogP contribution in [0.25, 0.3) is 35.6 Å². The van der Waals surface area contributed by atoms with Crippen molar-refractivity contribution in [2.24, 2.45) is 23.7 Å². The number of carbonyl (C=O) groups excluding carboxylic acids is 2. The fourth-order valence-corrected chi connectivity index (χ4v) is 8.64. The number of carbonyl (C=O) groups is 2. The van der Waals surface area contributed by atoms with Crippen molar-refractivity contribution < 1.29 is 24.2 Å². The van der Waals surface area contributed by atoms with Crippen LogP contribution in [0.1, 0.15) is 112 Å². The molecule has 1 aliphatic carbocycles. The summed E-state index contributed by atoms with van der Waals surface area (Å²) >= 11 is 0. The zero-order chi connectivity index (χ0) is 39.0. The number of aromatic nitrogens is 3. The maximum atomic E-state index is 13.5. The number of esters is 2. The molecule has 0 saturated carbocycles. The van der Waals surface area contributed by atoms with Gasteiger partial charge in [-0.3, -0.25) is 9.59 Å². The van der Waals surface area contributed by atoms with Crippen molar-refractivity contribution in [3.05, 3.63) is 90.1 Å². The summed E-state index contributed by atoms with van der Waals surface area (Å²) in [4.78, 5) is 40.7. The molecule has 1 fully saturated rings. The minimum absolute atomic E-state index is 0. The molecule has 3 N–H and O–H groups in total. The Balaban J connectivity index is 0.00000580. The molecule has 3 aromatic heterocycles. The first kappa shape index (κ1) is 42.0. The molecular weight excluding hydrogens is 701 g/mol. The molecule has 10 heteroatoms. The Morgan fingerprint density at radius 2 is 1.73 bits per heavy atom. The molecule has 3 aliphatic rings. The summed E-state index contributed by atoms with van der Waals surface area (Å²) in [5, 5.41) is 18.6. The van der Waals surface area contributed by atoms with Gasteiger partial charge in [0.25, 0.3) is 0 Å². The van der Waals surface area contributed by atoms with Crippen molar-refractivity contribution in [2.75, 3.05) is 13.7 Å². The predicted molar refractivity (Wildman–Crippen MR) is 221 cm³/mol. The fourth-order valence-electron chi connectivity index (χ4n) is 8.64. The molecule has 9 nitrogen and oxygen atoms in total. The van der Waals surface area contributed by atoms with Gasteiger partial charge in [0.1, 0.15) is 18.3 Å². The summed E-state index contributed by atoms with van der Waals surface area (Å²) in [6.07, 6.45) is 14.9.